The van der Waals surface area contributed by atoms with E-state index in [0.717, 1.165) is 27.7 Å². The third kappa shape index (κ3) is 2.66. The highest BCUT2D eigenvalue weighted by atomic mass is 16.1. The van der Waals surface area contributed by atoms with Gasteiger partial charge in [0, 0.05) is 29.3 Å². The summed E-state index contributed by atoms with van der Waals surface area (Å²) in [5.41, 5.74) is 5.26. The molecule has 0 saturated heterocycles. The lowest BCUT2D eigenvalue weighted by molar-refractivity contribution is 0.0957. The number of nitrogens with zero attached hydrogens (tertiary/aromatic N) is 3. The Morgan fingerprint density at radius 1 is 0.929 bits per heavy atom. The fourth-order valence-corrected chi connectivity index (χ4v) is 3.46. The number of fused-ring (bicyclic) bond motifs is 2. The molecule has 5 rings (SSSR count). The van der Waals surface area contributed by atoms with Crippen LogP contribution in [0.5, 0.6) is 0 Å². The van der Waals surface area contributed by atoms with Crippen LogP contribution in [0.25, 0.3) is 33.2 Å². The number of H-pyrrole nitrogens is 2. The lowest BCUT2D eigenvalue weighted by atomic mass is 9.96. The lowest BCUT2D eigenvalue weighted by Gasteiger charge is -2.07. The molecule has 3 aromatic heterocycles. The highest BCUT2D eigenvalue weighted by Gasteiger charge is 2.22. The molecule has 3 heterocycles. The number of imidazole rings is 1. The van der Waals surface area contributed by atoms with E-state index in [0.29, 0.717) is 11.0 Å². The van der Waals surface area contributed by atoms with Crippen LogP contribution in [0.15, 0.2) is 67.0 Å². The Labute approximate surface area is 160 Å². The van der Waals surface area contributed by atoms with Gasteiger partial charge in [0.25, 0.3) is 0 Å². The molecule has 28 heavy (non-hydrogen) atoms. The van der Waals surface area contributed by atoms with E-state index in [1.165, 1.54) is 0 Å². The number of rotatable bonds is 4. The number of nitrogens with one attached hydrogen (secondary N) is 2. The maximum absolute atomic E-state index is 12.9. The molecule has 2 N–H and O–H groups in total. The van der Waals surface area contributed by atoms with E-state index in [-0.39, 0.29) is 17.5 Å². The van der Waals surface area contributed by atoms with Gasteiger partial charge in [-0.1, -0.05) is 37.3 Å². The van der Waals surface area contributed by atoms with E-state index in [2.05, 4.69) is 25.1 Å². The van der Waals surface area contributed by atoms with Gasteiger partial charge >= 0.3 is 0 Å². The van der Waals surface area contributed by atoms with Crippen LogP contribution in [0.4, 0.5) is 0 Å². The average Bonchev–Trinajstić information content (AvgIpc) is 3.35. The first-order valence-corrected chi connectivity index (χ1v) is 9.08. The van der Waals surface area contributed by atoms with Gasteiger partial charge in [0.2, 0.25) is 5.78 Å². The van der Waals surface area contributed by atoms with Crippen molar-refractivity contribution in [2.45, 2.75) is 12.8 Å². The number of benzene rings is 2. The maximum atomic E-state index is 12.9. The third-order valence-corrected chi connectivity index (χ3v) is 5.04. The Kier molecular flexibility index (Phi) is 3.76. The monoisotopic (exact) mass is 367 g/mol. The second kappa shape index (κ2) is 6.42. The van der Waals surface area contributed by atoms with Crippen LogP contribution in [0.2, 0.25) is 0 Å². The summed E-state index contributed by atoms with van der Waals surface area (Å²) >= 11 is 0. The molecule has 6 heteroatoms. The molecule has 0 radical (unpaired) electrons. The van der Waals surface area contributed by atoms with Crippen molar-refractivity contribution in [3.05, 3.63) is 78.4 Å². The second-order valence-electron chi connectivity index (χ2n) is 6.79. The van der Waals surface area contributed by atoms with Gasteiger partial charge in [0.05, 0.1) is 22.2 Å². The molecule has 136 valence electrons. The number of Topliss-reactive ketones (excluding diaryl/α,β-unsaturated/α-hetero) is 1. The van der Waals surface area contributed by atoms with Crippen molar-refractivity contribution in [1.82, 2.24) is 25.1 Å². The van der Waals surface area contributed by atoms with Crippen molar-refractivity contribution in [1.29, 1.82) is 0 Å². The third-order valence-electron chi connectivity index (χ3n) is 5.04. The van der Waals surface area contributed by atoms with Crippen LogP contribution in [0.3, 0.4) is 0 Å². The van der Waals surface area contributed by atoms with Gasteiger partial charge in [0.15, 0.2) is 5.82 Å². The average molecular weight is 367 g/mol. The molecule has 0 amide bonds. The largest absolute Gasteiger partial charge is 0.300 e. The van der Waals surface area contributed by atoms with E-state index in [1.807, 2.05) is 61.5 Å². The van der Waals surface area contributed by atoms with Gasteiger partial charge in [0.1, 0.15) is 0 Å². The zero-order chi connectivity index (χ0) is 19.1. The van der Waals surface area contributed by atoms with Crippen LogP contribution in [-0.2, 0) is 0 Å². The van der Waals surface area contributed by atoms with E-state index in [1.54, 1.807) is 12.4 Å². The standard InChI is InChI=1S/C22H17N5O/c1-13(14-5-3-2-4-6-14)21(28)22-24-18-11-16-17(12-19(18)25-22)26-27-20(16)15-7-9-23-10-8-15/h2-13,26-27H,1H3/t13-/m1/s1. The minimum absolute atomic E-state index is 0.0769. The summed E-state index contributed by atoms with van der Waals surface area (Å²) < 4.78 is 0. The van der Waals surface area contributed by atoms with E-state index in [4.69, 9.17) is 0 Å². The summed E-state index contributed by atoms with van der Waals surface area (Å²) in [6, 6.07) is 17.5. The van der Waals surface area contributed by atoms with Gasteiger partial charge in [-0.25, -0.2) is 9.97 Å². The number of carbonyl (C=O) groups excluding carboxylic acids is 1. The summed E-state index contributed by atoms with van der Waals surface area (Å²) in [5.74, 6) is -0.107. The van der Waals surface area contributed by atoms with Crippen molar-refractivity contribution in [3.63, 3.8) is 0 Å². The fourth-order valence-electron chi connectivity index (χ4n) is 3.46. The Hall–Kier alpha value is -3.80. The van der Waals surface area contributed by atoms with Gasteiger partial charge in [-0.3, -0.25) is 14.9 Å². The summed E-state index contributed by atoms with van der Waals surface area (Å²) in [5, 5.41) is 7.36. The Morgan fingerprint density at radius 2 is 1.64 bits per heavy atom. The minimum atomic E-state index is -0.288. The van der Waals surface area contributed by atoms with Crippen LogP contribution in [0, 0.1) is 0 Å². The van der Waals surface area contributed by atoms with Gasteiger partial charge in [-0.15, -0.1) is 0 Å². The normalized spacial score (nSPS) is 12.5. The van der Waals surface area contributed by atoms with Crippen LogP contribution < -0.4 is 0 Å². The Balaban J connectivity index is 1.57. The smallest absolute Gasteiger partial charge is 0.207 e. The molecule has 0 spiro atoms. The molecule has 0 unspecified atom stereocenters. The van der Waals surface area contributed by atoms with Gasteiger partial charge in [-0.05, 0) is 29.8 Å². The molecule has 1 atom stereocenters. The number of pyridine rings is 1. The molecule has 0 aliphatic rings. The SMILES string of the molecule is C[C@@H](C(=O)c1nc2cc3[nH][nH]c(-c4ccncc4)c3cc2n1)c1ccccc1. The summed E-state index contributed by atoms with van der Waals surface area (Å²) in [6.07, 6.45) is 3.51. The van der Waals surface area contributed by atoms with Crippen LogP contribution >= 0.6 is 0 Å². The predicted octanol–water partition coefficient (Wildman–Crippen LogP) is 4.49. The molecular formula is C22H17N5O. The molecule has 6 nitrogen and oxygen atoms in total. The van der Waals surface area contributed by atoms with Crippen molar-refractivity contribution < 1.29 is 4.79 Å². The predicted molar refractivity (Wildman–Crippen MR) is 108 cm³/mol. The topological polar surface area (TPSA) is 87.3 Å². The number of aromatic amines is 2. The number of hydrogen-bond acceptors (Lipinski definition) is 4. The molecule has 0 aliphatic carbocycles. The van der Waals surface area contributed by atoms with E-state index >= 15 is 0 Å². The van der Waals surface area contributed by atoms with E-state index in [9.17, 15) is 4.79 Å². The molecular weight excluding hydrogens is 350 g/mol. The summed E-state index contributed by atoms with van der Waals surface area (Å²) in [4.78, 5) is 26.0. The summed E-state index contributed by atoms with van der Waals surface area (Å²) in [7, 11) is 0. The van der Waals surface area contributed by atoms with Crippen molar-refractivity contribution in [2.75, 3.05) is 0 Å². The molecule has 5 aromatic rings. The minimum Gasteiger partial charge on any atom is -0.300 e. The zero-order valence-electron chi connectivity index (χ0n) is 15.2. The van der Waals surface area contributed by atoms with Gasteiger partial charge < -0.3 is 5.10 Å². The van der Waals surface area contributed by atoms with E-state index < -0.39 is 0 Å². The van der Waals surface area contributed by atoms with Crippen LogP contribution in [-0.4, -0.2) is 30.9 Å². The lowest BCUT2D eigenvalue weighted by Crippen LogP contribution is -2.11. The maximum Gasteiger partial charge on any atom is 0.207 e. The quantitative estimate of drug-likeness (QED) is 0.458. The van der Waals surface area contributed by atoms with Crippen molar-refractivity contribution in [3.8, 4) is 11.3 Å². The fraction of sp³-hybridized carbons (Fsp3) is 0.0909. The number of aromatic nitrogens is 5. The first-order valence-electron chi connectivity index (χ1n) is 9.08. The Bertz CT molecular complexity index is 1290. The zero-order valence-corrected chi connectivity index (χ0v) is 15.2. The highest BCUT2D eigenvalue weighted by molar-refractivity contribution is 6.04. The molecule has 0 aliphatic heterocycles. The van der Waals surface area contributed by atoms with Crippen LogP contribution in [0.1, 0.15) is 29.0 Å². The number of carbonyl (C=O) groups is 1. The molecule has 2 aromatic carbocycles. The molecule has 0 fully saturated rings. The molecule has 0 saturated carbocycles. The second-order valence-corrected chi connectivity index (χ2v) is 6.79. The summed E-state index contributed by atoms with van der Waals surface area (Å²) in [6.45, 7) is 1.89. The molecule has 0 bridgehead atoms. The number of ketones is 1. The first-order chi connectivity index (χ1) is 13.7. The Morgan fingerprint density at radius 3 is 2.39 bits per heavy atom. The first kappa shape index (κ1) is 16.4. The number of hydrogen-bond donors (Lipinski definition) is 2. The van der Waals surface area contributed by atoms with Crippen molar-refractivity contribution >= 4 is 27.7 Å². The highest BCUT2D eigenvalue weighted by Crippen LogP contribution is 2.29. The van der Waals surface area contributed by atoms with Crippen molar-refractivity contribution in [2.24, 2.45) is 0 Å². The van der Waals surface area contributed by atoms with Gasteiger partial charge in [-0.2, -0.15) is 0 Å².